The van der Waals surface area contributed by atoms with E-state index in [0.29, 0.717) is 11.1 Å². The fraction of sp³-hybridized carbons (Fsp3) is 0.400. The van der Waals surface area contributed by atoms with Crippen LogP contribution in [-0.4, -0.2) is 64.7 Å². The predicted octanol–water partition coefficient (Wildman–Crippen LogP) is 0.815. The van der Waals surface area contributed by atoms with Gasteiger partial charge in [-0.2, -0.15) is 5.48 Å². The van der Waals surface area contributed by atoms with Gasteiger partial charge in [0.15, 0.2) is 11.3 Å². The number of methoxy groups -OCH3 is 2. The number of anilines is 1. The van der Waals surface area contributed by atoms with Gasteiger partial charge in [-0.05, 0) is 18.2 Å². The highest BCUT2D eigenvalue weighted by atomic mass is 33.1. The predicted molar refractivity (Wildman–Crippen MR) is 119 cm³/mol. The van der Waals surface area contributed by atoms with Crippen LogP contribution >= 0.6 is 21.6 Å². The molecular weight excluding hydrogens is 460 g/mol. The van der Waals surface area contributed by atoms with Crippen LogP contribution in [0.15, 0.2) is 39.6 Å². The Morgan fingerprint density at radius 3 is 2.81 bits per heavy atom. The van der Waals surface area contributed by atoms with Crippen molar-refractivity contribution in [2.24, 2.45) is 0 Å². The van der Waals surface area contributed by atoms with Crippen LogP contribution in [0.1, 0.15) is 0 Å². The molecule has 1 aromatic heterocycles. The first-order chi connectivity index (χ1) is 15.4. The van der Waals surface area contributed by atoms with Gasteiger partial charge in [0.05, 0.1) is 24.7 Å². The van der Waals surface area contributed by atoms with Gasteiger partial charge in [-0.1, -0.05) is 33.7 Å². The first-order valence-corrected chi connectivity index (χ1v) is 12.0. The molecule has 2 aromatic rings. The van der Waals surface area contributed by atoms with Gasteiger partial charge in [-0.3, -0.25) is 9.63 Å². The van der Waals surface area contributed by atoms with Crippen molar-refractivity contribution < 1.29 is 33.7 Å². The molecule has 0 spiro atoms. The number of aliphatic hydroxyl groups is 2. The number of fused-ring (bicyclic) bond motifs is 1. The molecule has 2 saturated heterocycles. The summed E-state index contributed by atoms with van der Waals surface area (Å²) in [7, 11) is 5.65. The maximum absolute atomic E-state index is 13.1. The molecule has 10 nitrogen and oxygen atoms in total. The number of amides is 1. The summed E-state index contributed by atoms with van der Waals surface area (Å²) in [6.45, 7) is 0. The summed E-state index contributed by atoms with van der Waals surface area (Å²) in [6, 6.07) is 3.84. The topological polar surface area (TPSA) is 139 Å². The molecule has 3 aliphatic rings. The van der Waals surface area contributed by atoms with Crippen molar-refractivity contribution >= 4 is 44.2 Å². The van der Waals surface area contributed by atoms with Crippen LogP contribution in [0.25, 0.3) is 11.0 Å². The van der Waals surface area contributed by atoms with Crippen molar-refractivity contribution in [3.8, 4) is 11.5 Å². The number of aliphatic hydroxyl groups excluding tert-OH is 1. The molecule has 0 saturated carbocycles. The lowest BCUT2D eigenvalue weighted by Gasteiger charge is -2.48. The highest BCUT2D eigenvalue weighted by Crippen LogP contribution is 2.56. The lowest BCUT2D eigenvalue weighted by Crippen LogP contribution is -2.72. The standard InChI is InChI=1S/C20H20N2O8S2/c1-27-11-5-3-8-7-9(19(25)29-14(8)15(11)28-2)21-18(24)13-17-20(26)12(31-32-17)6-4-10(23)16(20)30-22-13/h3-7,10,12-13,16-17,22-23,26H,1-2H3,(H,21,24). The number of hydrogen-bond donors (Lipinski definition) is 4. The molecule has 1 amide bonds. The average Bonchev–Trinajstić information content (AvgIpc) is 3.12. The van der Waals surface area contributed by atoms with E-state index in [1.165, 1.54) is 41.9 Å². The van der Waals surface area contributed by atoms with Gasteiger partial charge < -0.3 is 29.4 Å². The minimum atomic E-state index is -1.45. The Balaban J connectivity index is 1.44. The molecule has 1 aliphatic carbocycles. The highest BCUT2D eigenvalue weighted by molar-refractivity contribution is 8.77. The minimum Gasteiger partial charge on any atom is -0.493 e. The van der Waals surface area contributed by atoms with E-state index in [1.807, 2.05) is 0 Å². The molecule has 6 unspecified atom stereocenters. The lowest BCUT2D eigenvalue weighted by atomic mass is 9.78. The number of carbonyl (C=O) groups excluding carboxylic acids is 1. The molecule has 1 aromatic carbocycles. The van der Waals surface area contributed by atoms with Crippen LogP contribution in [0.4, 0.5) is 5.69 Å². The summed E-state index contributed by atoms with van der Waals surface area (Å²) in [5, 5.41) is 23.7. The Morgan fingerprint density at radius 2 is 2.06 bits per heavy atom. The molecule has 2 fully saturated rings. The van der Waals surface area contributed by atoms with E-state index in [1.54, 1.807) is 24.3 Å². The van der Waals surface area contributed by atoms with E-state index in [0.717, 1.165) is 0 Å². The molecule has 6 atom stereocenters. The van der Waals surface area contributed by atoms with Crippen molar-refractivity contribution in [1.82, 2.24) is 5.48 Å². The largest absolute Gasteiger partial charge is 0.493 e. The van der Waals surface area contributed by atoms with Crippen LogP contribution < -0.4 is 25.9 Å². The number of hydroxylamine groups is 1. The molecule has 32 heavy (non-hydrogen) atoms. The van der Waals surface area contributed by atoms with Gasteiger partial charge in [0.1, 0.15) is 29.5 Å². The van der Waals surface area contributed by atoms with Crippen molar-refractivity contribution in [3.05, 3.63) is 40.8 Å². The molecule has 0 bridgehead atoms. The number of nitrogens with one attached hydrogen (secondary N) is 2. The number of rotatable bonds is 4. The van der Waals surface area contributed by atoms with Crippen molar-refractivity contribution in [2.75, 3.05) is 19.5 Å². The zero-order chi connectivity index (χ0) is 22.6. The van der Waals surface area contributed by atoms with E-state index in [2.05, 4.69) is 10.8 Å². The Morgan fingerprint density at radius 1 is 1.25 bits per heavy atom. The number of benzene rings is 1. The molecule has 2 aliphatic heterocycles. The van der Waals surface area contributed by atoms with E-state index in [-0.39, 0.29) is 22.3 Å². The summed E-state index contributed by atoms with van der Waals surface area (Å²) in [4.78, 5) is 31.1. The summed E-state index contributed by atoms with van der Waals surface area (Å²) >= 11 is 0. The second kappa shape index (κ2) is 7.97. The summed E-state index contributed by atoms with van der Waals surface area (Å²) in [5.74, 6) is 0.0945. The molecule has 12 heteroatoms. The van der Waals surface area contributed by atoms with Gasteiger partial charge in [0.2, 0.25) is 11.7 Å². The SMILES string of the molecule is COc1ccc2cc(NC(=O)C3NOC4C(O)C=CC5SSC3C54O)c(=O)oc2c1OC. The van der Waals surface area contributed by atoms with Crippen LogP contribution in [0, 0.1) is 0 Å². The van der Waals surface area contributed by atoms with Crippen molar-refractivity contribution in [2.45, 2.75) is 34.4 Å². The van der Waals surface area contributed by atoms with E-state index >= 15 is 0 Å². The summed E-state index contributed by atoms with van der Waals surface area (Å²) < 4.78 is 15.9. The fourth-order valence-electron chi connectivity index (χ4n) is 4.21. The van der Waals surface area contributed by atoms with Gasteiger partial charge >= 0.3 is 5.63 Å². The number of hydrogen-bond acceptors (Lipinski definition) is 11. The first kappa shape index (κ1) is 21.6. The minimum absolute atomic E-state index is 0.0681. The van der Waals surface area contributed by atoms with E-state index in [4.69, 9.17) is 18.7 Å². The monoisotopic (exact) mass is 480 g/mol. The molecule has 4 N–H and O–H groups in total. The Labute approximate surface area is 189 Å². The Kier molecular flexibility index (Phi) is 5.39. The third kappa shape index (κ3) is 3.13. The fourth-order valence-corrected chi connectivity index (χ4v) is 8.02. The van der Waals surface area contributed by atoms with E-state index in [9.17, 15) is 19.8 Å². The van der Waals surface area contributed by atoms with Crippen molar-refractivity contribution in [3.63, 3.8) is 0 Å². The Hall–Kier alpha value is -2.22. The van der Waals surface area contributed by atoms with Crippen molar-refractivity contribution in [1.29, 1.82) is 0 Å². The third-order valence-corrected chi connectivity index (χ3v) is 9.12. The molecular formula is C20H20N2O8S2. The number of ether oxygens (including phenoxy) is 2. The zero-order valence-electron chi connectivity index (χ0n) is 16.9. The second-order valence-electron chi connectivity index (χ2n) is 7.59. The van der Waals surface area contributed by atoms with Crippen LogP contribution in [0.5, 0.6) is 11.5 Å². The summed E-state index contributed by atoms with van der Waals surface area (Å²) in [5.41, 5.74) is 0.548. The highest BCUT2D eigenvalue weighted by Gasteiger charge is 2.64. The second-order valence-corrected chi connectivity index (χ2v) is 10.1. The Bertz CT molecular complexity index is 1170. The van der Waals surface area contributed by atoms with Gasteiger partial charge in [-0.15, -0.1) is 0 Å². The third-order valence-electron chi connectivity index (χ3n) is 5.83. The van der Waals surface area contributed by atoms with Crippen LogP contribution in [0.2, 0.25) is 0 Å². The van der Waals surface area contributed by atoms with Gasteiger partial charge in [-0.25, -0.2) is 4.79 Å². The van der Waals surface area contributed by atoms with Crippen LogP contribution in [-0.2, 0) is 9.63 Å². The summed E-state index contributed by atoms with van der Waals surface area (Å²) in [6.07, 6.45) is 1.38. The van der Waals surface area contributed by atoms with Gasteiger partial charge in [0.25, 0.3) is 0 Å². The maximum atomic E-state index is 13.1. The molecule has 5 rings (SSSR count). The van der Waals surface area contributed by atoms with Crippen LogP contribution in [0.3, 0.4) is 0 Å². The lowest BCUT2D eigenvalue weighted by molar-refractivity contribution is -0.213. The normalized spacial score (nSPS) is 33.1. The first-order valence-electron chi connectivity index (χ1n) is 9.70. The molecule has 170 valence electrons. The molecule has 3 heterocycles. The molecule has 0 radical (unpaired) electrons. The maximum Gasteiger partial charge on any atom is 0.360 e. The quantitative estimate of drug-likeness (QED) is 0.281. The van der Waals surface area contributed by atoms with Gasteiger partial charge in [0, 0.05) is 5.39 Å². The average molecular weight is 481 g/mol. The smallest absolute Gasteiger partial charge is 0.360 e. The zero-order valence-corrected chi connectivity index (χ0v) is 18.6. The number of carbonyl (C=O) groups is 1. The van der Waals surface area contributed by atoms with E-state index < -0.39 is 40.6 Å².